The summed E-state index contributed by atoms with van der Waals surface area (Å²) in [6.07, 6.45) is -0.0666. The molecule has 0 aromatic rings. The Labute approximate surface area is 122 Å². The van der Waals surface area contributed by atoms with Crippen molar-refractivity contribution in [2.24, 2.45) is 17.3 Å². The van der Waals surface area contributed by atoms with Gasteiger partial charge in [-0.1, -0.05) is 27.7 Å². The van der Waals surface area contributed by atoms with E-state index in [0.717, 1.165) is 0 Å². The summed E-state index contributed by atoms with van der Waals surface area (Å²) in [6, 6.07) is 0. The molecule has 20 heavy (non-hydrogen) atoms. The highest BCUT2D eigenvalue weighted by atomic mass is 16.6. The van der Waals surface area contributed by atoms with Crippen LogP contribution < -0.4 is 5.32 Å². The first-order valence-corrected chi connectivity index (χ1v) is 7.11. The number of carboxylic acids is 1. The fourth-order valence-corrected chi connectivity index (χ4v) is 2.19. The van der Waals surface area contributed by atoms with Crippen molar-refractivity contribution in [3.63, 3.8) is 0 Å². The minimum atomic E-state index is -0.967. The van der Waals surface area contributed by atoms with Gasteiger partial charge < -0.3 is 15.2 Å². The largest absolute Gasteiger partial charge is 0.481 e. The predicted octanol–water partition coefficient (Wildman–Crippen LogP) is 3.28. The van der Waals surface area contributed by atoms with E-state index in [1.807, 2.05) is 27.7 Å². The molecule has 1 amide bonds. The van der Waals surface area contributed by atoms with Crippen LogP contribution in [0.5, 0.6) is 0 Å². The number of rotatable bonds is 6. The first-order chi connectivity index (χ1) is 8.90. The molecule has 2 N–H and O–H groups in total. The van der Waals surface area contributed by atoms with Crippen molar-refractivity contribution >= 4 is 12.1 Å². The van der Waals surface area contributed by atoms with E-state index in [9.17, 15) is 14.7 Å². The Balaban J connectivity index is 4.91. The molecule has 0 aromatic heterocycles. The van der Waals surface area contributed by atoms with Crippen LogP contribution in [0.2, 0.25) is 0 Å². The monoisotopic (exact) mass is 287 g/mol. The second kappa shape index (κ2) is 6.95. The lowest BCUT2D eigenvalue weighted by atomic mass is 9.71. The van der Waals surface area contributed by atoms with Crippen LogP contribution >= 0.6 is 0 Å². The van der Waals surface area contributed by atoms with E-state index in [1.54, 1.807) is 20.8 Å². The molecule has 0 rings (SSSR count). The average molecular weight is 287 g/mol. The van der Waals surface area contributed by atoms with Crippen molar-refractivity contribution in [3.8, 4) is 0 Å². The number of carbonyl (C=O) groups excluding carboxylic acids is 1. The lowest BCUT2D eigenvalue weighted by Crippen LogP contribution is -2.48. The zero-order valence-corrected chi connectivity index (χ0v) is 13.7. The molecule has 0 aliphatic carbocycles. The van der Waals surface area contributed by atoms with Gasteiger partial charge in [-0.15, -0.1) is 0 Å². The SMILES string of the molecule is CC(C)CC(CNC(=O)OC(C)(C)C)(C(=O)O)C(C)C. The van der Waals surface area contributed by atoms with Gasteiger partial charge in [-0.2, -0.15) is 0 Å². The van der Waals surface area contributed by atoms with Gasteiger partial charge in [0.25, 0.3) is 0 Å². The van der Waals surface area contributed by atoms with Crippen LogP contribution in [-0.4, -0.2) is 29.3 Å². The van der Waals surface area contributed by atoms with Crippen LogP contribution in [0.1, 0.15) is 54.9 Å². The summed E-state index contributed by atoms with van der Waals surface area (Å²) in [7, 11) is 0. The highest BCUT2D eigenvalue weighted by Gasteiger charge is 2.42. The summed E-state index contributed by atoms with van der Waals surface area (Å²) in [5.41, 5.74) is -1.56. The number of carbonyl (C=O) groups is 2. The molecule has 0 saturated heterocycles. The first kappa shape index (κ1) is 18.7. The highest BCUT2D eigenvalue weighted by Crippen LogP contribution is 2.34. The summed E-state index contributed by atoms with van der Waals surface area (Å²) in [6.45, 7) is 13.1. The van der Waals surface area contributed by atoms with E-state index in [0.29, 0.717) is 6.42 Å². The van der Waals surface area contributed by atoms with E-state index < -0.39 is 23.1 Å². The van der Waals surface area contributed by atoms with Crippen LogP contribution in [0.25, 0.3) is 0 Å². The molecule has 0 bridgehead atoms. The zero-order valence-electron chi connectivity index (χ0n) is 13.7. The van der Waals surface area contributed by atoms with Gasteiger partial charge in [0.2, 0.25) is 0 Å². The maximum Gasteiger partial charge on any atom is 0.407 e. The maximum absolute atomic E-state index is 11.7. The number of carboxylic acid groups (broad SMARTS) is 1. The van der Waals surface area contributed by atoms with Gasteiger partial charge in [-0.3, -0.25) is 4.79 Å². The molecule has 5 nitrogen and oxygen atoms in total. The smallest absolute Gasteiger partial charge is 0.407 e. The van der Waals surface area contributed by atoms with Crippen LogP contribution in [0.15, 0.2) is 0 Å². The van der Waals surface area contributed by atoms with Crippen LogP contribution in [0.4, 0.5) is 4.79 Å². The summed E-state index contributed by atoms with van der Waals surface area (Å²) in [5, 5.41) is 12.2. The van der Waals surface area contributed by atoms with Crippen molar-refractivity contribution in [2.75, 3.05) is 6.54 Å². The third-order valence-corrected chi connectivity index (χ3v) is 3.25. The number of hydrogen-bond donors (Lipinski definition) is 2. The van der Waals surface area contributed by atoms with E-state index in [1.165, 1.54) is 0 Å². The quantitative estimate of drug-likeness (QED) is 0.786. The van der Waals surface area contributed by atoms with Gasteiger partial charge in [0, 0.05) is 6.54 Å². The molecule has 118 valence electrons. The molecule has 1 unspecified atom stereocenters. The molecular formula is C15H29NO4. The van der Waals surface area contributed by atoms with Gasteiger partial charge in [-0.05, 0) is 39.0 Å². The Bertz CT molecular complexity index is 344. The number of ether oxygens (including phenoxy) is 1. The minimum absolute atomic E-state index is 0.0765. The number of alkyl carbamates (subject to hydrolysis) is 1. The molecule has 0 fully saturated rings. The van der Waals surface area contributed by atoms with Gasteiger partial charge in [-0.25, -0.2) is 4.79 Å². The van der Waals surface area contributed by atoms with E-state index in [-0.39, 0.29) is 18.4 Å². The Morgan fingerprint density at radius 3 is 1.95 bits per heavy atom. The second-order valence-electron chi connectivity index (χ2n) is 7.07. The molecule has 1 atom stereocenters. The van der Waals surface area contributed by atoms with Gasteiger partial charge >= 0.3 is 12.1 Å². The summed E-state index contributed by atoms with van der Waals surface area (Å²) < 4.78 is 5.15. The normalized spacial score (nSPS) is 15.1. The molecule has 0 spiro atoms. The Morgan fingerprint density at radius 1 is 1.15 bits per heavy atom. The van der Waals surface area contributed by atoms with Crippen LogP contribution in [-0.2, 0) is 9.53 Å². The van der Waals surface area contributed by atoms with Crippen molar-refractivity contribution in [2.45, 2.75) is 60.5 Å². The van der Waals surface area contributed by atoms with Gasteiger partial charge in [0.1, 0.15) is 5.60 Å². The molecule has 0 saturated carbocycles. The highest BCUT2D eigenvalue weighted by molar-refractivity contribution is 5.76. The fourth-order valence-electron chi connectivity index (χ4n) is 2.19. The molecule has 0 aromatic carbocycles. The lowest BCUT2D eigenvalue weighted by Gasteiger charge is -2.35. The van der Waals surface area contributed by atoms with Crippen molar-refractivity contribution in [1.82, 2.24) is 5.32 Å². The molecule has 5 heteroatoms. The Hall–Kier alpha value is -1.26. The standard InChI is InChI=1S/C15H29NO4/c1-10(2)8-15(11(3)4,12(17)18)9-16-13(19)20-14(5,6)7/h10-11H,8-9H2,1-7H3,(H,16,19)(H,17,18). The Morgan fingerprint density at radius 2 is 1.65 bits per heavy atom. The van der Waals surface area contributed by atoms with Crippen molar-refractivity contribution in [1.29, 1.82) is 0 Å². The second-order valence-corrected chi connectivity index (χ2v) is 7.07. The van der Waals surface area contributed by atoms with Crippen LogP contribution in [0.3, 0.4) is 0 Å². The number of amides is 1. The third kappa shape index (κ3) is 5.80. The summed E-state index contributed by atoms with van der Waals surface area (Å²) >= 11 is 0. The van der Waals surface area contributed by atoms with E-state index >= 15 is 0 Å². The zero-order chi connectivity index (χ0) is 16.1. The number of aliphatic carboxylic acids is 1. The van der Waals surface area contributed by atoms with Crippen molar-refractivity contribution < 1.29 is 19.4 Å². The minimum Gasteiger partial charge on any atom is -0.481 e. The molecular weight excluding hydrogens is 258 g/mol. The lowest BCUT2D eigenvalue weighted by molar-refractivity contribution is -0.152. The molecule has 0 heterocycles. The number of hydrogen-bond acceptors (Lipinski definition) is 3. The molecule has 0 radical (unpaired) electrons. The topological polar surface area (TPSA) is 75.6 Å². The van der Waals surface area contributed by atoms with Crippen LogP contribution in [0, 0.1) is 17.3 Å². The fraction of sp³-hybridized carbons (Fsp3) is 0.867. The van der Waals surface area contributed by atoms with Gasteiger partial charge in [0.05, 0.1) is 5.41 Å². The maximum atomic E-state index is 11.7. The summed E-state index contributed by atoms with van der Waals surface area (Å²) in [4.78, 5) is 23.4. The molecule has 0 aliphatic rings. The first-order valence-electron chi connectivity index (χ1n) is 7.11. The van der Waals surface area contributed by atoms with E-state index in [4.69, 9.17) is 4.74 Å². The van der Waals surface area contributed by atoms with Gasteiger partial charge in [0.15, 0.2) is 0 Å². The number of nitrogens with one attached hydrogen (secondary N) is 1. The van der Waals surface area contributed by atoms with E-state index in [2.05, 4.69) is 5.32 Å². The Kier molecular flexibility index (Phi) is 6.51. The summed E-state index contributed by atoms with van der Waals surface area (Å²) in [5.74, 6) is -0.733. The van der Waals surface area contributed by atoms with Crippen molar-refractivity contribution in [3.05, 3.63) is 0 Å². The third-order valence-electron chi connectivity index (χ3n) is 3.25. The average Bonchev–Trinajstić information content (AvgIpc) is 2.20. The molecule has 0 aliphatic heterocycles. The predicted molar refractivity (Wildman–Crippen MR) is 78.6 cm³/mol.